The van der Waals surface area contributed by atoms with E-state index in [2.05, 4.69) is 28.2 Å². The van der Waals surface area contributed by atoms with Crippen LogP contribution in [0.1, 0.15) is 42.3 Å². The van der Waals surface area contributed by atoms with E-state index in [0.717, 1.165) is 16.6 Å². The molecule has 0 atom stereocenters. The summed E-state index contributed by atoms with van der Waals surface area (Å²) in [6, 6.07) is 3.55. The highest BCUT2D eigenvalue weighted by Gasteiger charge is 2.41. The molecule has 1 fully saturated rings. The zero-order valence-electron chi connectivity index (χ0n) is 11.3. The van der Waals surface area contributed by atoms with E-state index in [1.807, 2.05) is 6.07 Å². The number of aliphatic carboxylic acids is 1. The zero-order valence-corrected chi connectivity index (χ0v) is 13.7. The normalized spacial score (nSPS) is 26.2. The van der Waals surface area contributed by atoms with Gasteiger partial charge in [-0.25, -0.2) is 0 Å². The van der Waals surface area contributed by atoms with Gasteiger partial charge in [0.25, 0.3) is 5.91 Å². The summed E-state index contributed by atoms with van der Waals surface area (Å²) in [5.41, 5.74) is -0.795. The molecule has 20 heavy (non-hydrogen) atoms. The molecule has 1 aliphatic carbocycles. The molecule has 0 radical (unpaired) electrons. The number of amides is 1. The van der Waals surface area contributed by atoms with Crippen molar-refractivity contribution in [3.05, 3.63) is 20.8 Å². The van der Waals surface area contributed by atoms with Gasteiger partial charge < -0.3 is 10.4 Å². The number of nitrogens with one attached hydrogen (secondary N) is 1. The van der Waals surface area contributed by atoms with E-state index in [1.54, 1.807) is 6.07 Å². The summed E-state index contributed by atoms with van der Waals surface area (Å²) in [5, 5.41) is 12.3. The van der Waals surface area contributed by atoms with Crippen LogP contribution in [-0.4, -0.2) is 23.5 Å². The molecule has 110 valence electrons. The lowest BCUT2D eigenvalue weighted by molar-refractivity contribution is -0.151. The minimum absolute atomic E-state index is 0.194. The summed E-state index contributed by atoms with van der Waals surface area (Å²) >= 11 is 4.66. The van der Waals surface area contributed by atoms with Gasteiger partial charge in [-0.05, 0) is 59.7 Å². The second kappa shape index (κ2) is 6.26. The van der Waals surface area contributed by atoms with Gasteiger partial charge in [0.1, 0.15) is 0 Å². The van der Waals surface area contributed by atoms with Gasteiger partial charge in [-0.15, -0.1) is 11.3 Å². The van der Waals surface area contributed by atoms with Crippen molar-refractivity contribution in [2.45, 2.75) is 32.6 Å². The van der Waals surface area contributed by atoms with Crippen molar-refractivity contribution in [2.24, 2.45) is 11.3 Å². The Morgan fingerprint density at radius 2 is 2.10 bits per heavy atom. The largest absolute Gasteiger partial charge is 0.481 e. The Labute approximate surface area is 130 Å². The summed E-state index contributed by atoms with van der Waals surface area (Å²) in [7, 11) is 0. The molecule has 2 rings (SSSR count). The van der Waals surface area contributed by atoms with Crippen LogP contribution in [0.15, 0.2) is 15.9 Å². The Morgan fingerprint density at radius 3 is 2.60 bits per heavy atom. The zero-order chi connectivity index (χ0) is 14.8. The minimum atomic E-state index is -0.795. The van der Waals surface area contributed by atoms with E-state index < -0.39 is 11.4 Å². The molecule has 1 aromatic heterocycles. The average molecular weight is 360 g/mol. The number of carboxylic acids is 1. The standard InChI is InChI=1S/C14H18BrNO3S/c1-9-4-6-14(7-5-9,13(18)19)8-16-12(17)10-2-3-11(15)20-10/h2-3,9H,4-8H2,1H3,(H,16,17)(H,18,19). The summed E-state index contributed by atoms with van der Waals surface area (Å²) in [6.45, 7) is 2.36. The molecule has 1 aromatic rings. The average Bonchev–Trinajstić information content (AvgIpc) is 2.84. The number of thiophene rings is 1. The summed E-state index contributed by atoms with van der Waals surface area (Å²) in [4.78, 5) is 24.2. The van der Waals surface area contributed by atoms with Crippen molar-refractivity contribution in [1.29, 1.82) is 0 Å². The third kappa shape index (κ3) is 3.41. The van der Waals surface area contributed by atoms with Crippen LogP contribution in [0.5, 0.6) is 0 Å². The fourth-order valence-electron chi connectivity index (χ4n) is 2.55. The van der Waals surface area contributed by atoms with Crippen LogP contribution in [-0.2, 0) is 4.79 Å². The van der Waals surface area contributed by atoms with Gasteiger partial charge in [0.15, 0.2) is 0 Å². The lowest BCUT2D eigenvalue weighted by atomic mass is 9.71. The minimum Gasteiger partial charge on any atom is -0.481 e. The van der Waals surface area contributed by atoms with Gasteiger partial charge in [-0.1, -0.05) is 6.92 Å². The van der Waals surface area contributed by atoms with Crippen molar-refractivity contribution >= 4 is 39.1 Å². The highest BCUT2D eigenvalue weighted by Crippen LogP contribution is 2.38. The molecule has 0 spiro atoms. The predicted molar refractivity (Wildman–Crippen MR) is 82.1 cm³/mol. The van der Waals surface area contributed by atoms with E-state index >= 15 is 0 Å². The van der Waals surface area contributed by atoms with Crippen molar-refractivity contribution in [2.75, 3.05) is 6.54 Å². The van der Waals surface area contributed by atoms with Gasteiger partial charge in [0.05, 0.1) is 14.1 Å². The van der Waals surface area contributed by atoms with Gasteiger partial charge in [0.2, 0.25) is 0 Å². The highest BCUT2D eigenvalue weighted by atomic mass is 79.9. The molecule has 2 N–H and O–H groups in total. The van der Waals surface area contributed by atoms with E-state index in [4.69, 9.17) is 0 Å². The van der Waals surface area contributed by atoms with Gasteiger partial charge >= 0.3 is 5.97 Å². The smallest absolute Gasteiger partial charge is 0.311 e. The maximum absolute atomic E-state index is 12.0. The first-order valence-corrected chi connectivity index (χ1v) is 8.31. The van der Waals surface area contributed by atoms with Crippen molar-refractivity contribution in [3.63, 3.8) is 0 Å². The molecule has 0 unspecified atom stereocenters. The maximum Gasteiger partial charge on any atom is 0.311 e. The number of carbonyl (C=O) groups excluding carboxylic acids is 1. The van der Waals surface area contributed by atoms with Gasteiger partial charge in [0, 0.05) is 6.54 Å². The molecule has 1 saturated carbocycles. The molecule has 1 heterocycles. The third-order valence-electron chi connectivity index (χ3n) is 4.07. The summed E-state index contributed by atoms with van der Waals surface area (Å²) in [5.74, 6) is -0.413. The SMILES string of the molecule is CC1CCC(CNC(=O)c2ccc(Br)s2)(C(=O)O)CC1. The molecule has 0 saturated heterocycles. The number of hydrogen-bond acceptors (Lipinski definition) is 3. The van der Waals surface area contributed by atoms with Gasteiger partial charge in [-0.2, -0.15) is 0 Å². The number of carbonyl (C=O) groups is 2. The number of hydrogen-bond donors (Lipinski definition) is 2. The lowest BCUT2D eigenvalue weighted by Crippen LogP contribution is -2.45. The topological polar surface area (TPSA) is 66.4 Å². The number of halogens is 1. The van der Waals surface area contributed by atoms with Crippen LogP contribution in [0, 0.1) is 11.3 Å². The van der Waals surface area contributed by atoms with Crippen LogP contribution in [0.3, 0.4) is 0 Å². The second-order valence-corrected chi connectivity index (χ2v) is 8.02. The fourth-order valence-corrected chi connectivity index (χ4v) is 3.86. The monoisotopic (exact) mass is 359 g/mol. The second-order valence-electron chi connectivity index (χ2n) is 5.55. The maximum atomic E-state index is 12.0. The number of carboxylic acid groups (broad SMARTS) is 1. The molecular weight excluding hydrogens is 342 g/mol. The lowest BCUT2D eigenvalue weighted by Gasteiger charge is -2.35. The number of rotatable bonds is 4. The molecule has 0 bridgehead atoms. The Bertz CT molecular complexity index is 506. The van der Waals surface area contributed by atoms with Crippen molar-refractivity contribution < 1.29 is 14.7 Å². The van der Waals surface area contributed by atoms with Crippen LogP contribution in [0.25, 0.3) is 0 Å². The highest BCUT2D eigenvalue weighted by molar-refractivity contribution is 9.11. The molecule has 1 amide bonds. The molecule has 0 aliphatic heterocycles. The first-order chi connectivity index (χ1) is 9.43. The molecule has 0 aromatic carbocycles. The first kappa shape index (κ1) is 15.5. The fraction of sp³-hybridized carbons (Fsp3) is 0.571. The van der Waals surface area contributed by atoms with Crippen LogP contribution in [0.2, 0.25) is 0 Å². The third-order valence-corrected chi connectivity index (χ3v) is 5.69. The Morgan fingerprint density at radius 1 is 1.45 bits per heavy atom. The molecule has 4 nitrogen and oxygen atoms in total. The van der Waals surface area contributed by atoms with Crippen molar-refractivity contribution in [3.8, 4) is 0 Å². The van der Waals surface area contributed by atoms with Crippen molar-refractivity contribution in [1.82, 2.24) is 5.32 Å². The van der Waals surface area contributed by atoms with E-state index in [9.17, 15) is 14.7 Å². The van der Waals surface area contributed by atoms with E-state index in [1.165, 1.54) is 11.3 Å². The summed E-state index contributed by atoms with van der Waals surface area (Å²) in [6.07, 6.45) is 3.09. The van der Waals surface area contributed by atoms with E-state index in [0.29, 0.717) is 23.6 Å². The quantitative estimate of drug-likeness (QED) is 0.863. The Hall–Kier alpha value is -0.880. The Kier molecular flexibility index (Phi) is 4.86. The van der Waals surface area contributed by atoms with Crippen LogP contribution in [0.4, 0.5) is 0 Å². The van der Waals surface area contributed by atoms with Crippen LogP contribution >= 0.6 is 27.3 Å². The Balaban J connectivity index is 1.99. The first-order valence-electron chi connectivity index (χ1n) is 6.70. The van der Waals surface area contributed by atoms with Gasteiger partial charge in [-0.3, -0.25) is 9.59 Å². The predicted octanol–water partition coefficient (Wildman–Crippen LogP) is 3.52. The molecular formula is C14H18BrNO3S. The van der Waals surface area contributed by atoms with Crippen LogP contribution < -0.4 is 5.32 Å². The molecule has 1 aliphatic rings. The van der Waals surface area contributed by atoms with E-state index in [-0.39, 0.29) is 12.5 Å². The molecule has 6 heteroatoms. The summed E-state index contributed by atoms with van der Waals surface area (Å²) < 4.78 is 0.891.